The fraction of sp³-hybridized carbons (Fsp3) is 0.800. The van der Waals surface area contributed by atoms with Crippen LogP contribution in [-0.4, -0.2) is 0 Å². The van der Waals surface area contributed by atoms with Crippen LogP contribution < -0.4 is 0 Å². The molecule has 4 aliphatic rings. The summed E-state index contributed by atoms with van der Waals surface area (Å²) >= 11 is 0. The van der Waals surface area contributed by atoms with Crippen molar-refractivity contribution in [3.05, 3.63) is 12.2 Å². The van der Waals surface area contributed by atoms with Crippen LogP contribution >= 0.6 is 0 Å². The van der Waals surface area contributed by atoms with Gasteiger partial charge in [0.15, 0.2) is 0 Å². The summed E-state index contributed by atoms with van der Waals surface area (Å²) in [6.45, 7) is 0. The Labute approximate surface area is 61.3 Å². The average Bonchev–Trinajstić information content (AvgIpc) is 2.31. The van der Waals surface area contributed by atoms with Gasteiger partial charge in [-0.25, -0.2) is 0 Å². The van der Waals surface area contributed by atoms with Crippen molar-refractivity contribution in [2.75, 3.05) is 0 Å². The van der Waals surface area contributed by atoms with Gasteiger partial charge in [0.05, 0.1) is 0 Å². The first-order valence-corrected chi connectivity index (χ1v) is 4.56. The monoisotopic (exact) mass is 132 g/mol. The third-order valence-electron chi connectivity index (χ3n) is 4.89. The van der Waals surface area contributed by atoms with E-state index in [0.29, 0.717) is 0 Å². The SMILES string of the molecule is C1=CC23CC1C1CCC12C3. The van der Waals surface area contributed by atoms with Crippen LogP contribution in [0.3, 0.4) is 0 Å². The lowest BCUT2D eigenvalue weighted by molar-refractivity contribution is 0.125. The summed E-state index contributed by atoms with van der Waals surface area (Å²) < 4.78 is 0. The molecule has 0 amide bonds. The van der Waals surface area contributed by atoms with Crippen molar-refractivity contribution in [2.24, 2.45) is 22.7 Å². The molecule has 4 rings (SSSR count). The molecule has 0 aromatic heterocycles. The summed E-state index contributed by atoms with van der Waals surface area (Å²) in [5.74, 6) is 2.18. The second kappa shape index (κ2) is 0.929. The van der Waals surface area contributed by atoms with E-state index in [0.717, 1.165) is 22.7 Å². The summed E-state index contributed by atoms with van der Waals surface area (Å²) in [6.07, 6.45) is 11.3. The van der Waals surface area contributed by atoms with E-state index in [4.69, 9.17) is 0 Å². The highest BCUT2D eigenvalue weighted by molar-refractivity contribution is 5.39. The molecule has 0 saturated heterocycles. The lowest BCUT2D eigenvalue weighted by Crippen LogP contribution is -2.31. The van der Waals surface area contributed by atoms with Gasteiger partial charge in [-0.3, -0.25) is 0 Å². The van der Waals surface area contributed by atoms with Crippen molar-refractivity contribution in [1.29, 1.82) is 0 Å². The quantitative estimate of drug-likeness (QED) is 0.444. The summed E-state index contributed by atoms with van der Waals surface area (Å²) in [4.78, 5) is 0. The summed E-state index contributed by atoms with van der Waals surface area (Å²) in [5, 5.41) is 0. The fourth-order valence-corrected chi connectivity index (χ4v) is 4.28. The van der Waals surface area contributed by atoms with E-state index in [1.165, 1.54) is 6.42 Å². The Morgan fingerprint density at radius 3 is 2.90 bits per heavy atom. The number of fused-ring (bicyclic) bond motifs is 2. The van der Waals surface area contributed by atoms with Gasteiger partial charge in [0.1, 0.15) is 0 Å². The molecule has 0 N–H and O–H groups in total. The molecular weight excluding hydrogens is 120 g/mol. The topological polar surface area (TPSA) is 0 Å². The van der Waals surface area contributed by atoms with Gasteiger partial charge in [-0.2, -0.15) is 0 Å². The Morgan fingerprint density at radius 1 is 1.40 bits per heavy atom. The number of allylic oxidation sites excluding steroid dienone is 2. The molecule has 4 unspecified atom stereocenters. The minimum atomic E-state index is 0.792. The molecule has 2 spiro atoms. The number of hydrogen-bond acceptors (Lipinski definition) is 0. The molecule has 4 aliphatic carbocycles. The second-order valence-electron chi connectivity index (χ2n) is 4.86. The van der Waals surface area contributed by atoms with Gasteiger partial charge in [-0.1, -0.05) is 12.2 Å². The molecule has 3 fully saturated rings. The molecule has 2 bridgehead atoms. The maximum Gasteiger partial charge on any atom is -0.00472 e. The van der Waals surface area contributed by atoms with Crippen molar-refractivity contribution >= 4 is 0 Å². The van der Waals surface area contributed by atoms with Crippen molar-refractivity contribution in [3.63, 3.8) is 0 Å². The normalized spacial score (nSPS) is 72.8. The molecule has 0 aromatic carbocycles. The minimum absolute atomic E-state index is 0.792. The van der Waals surface area contributed by atoms with E-state index in [1.807, 2.05) is 0 Å². The first kappa shape index (κ1) is 4.58. The molecule has 52 valence electrons. The van der Waals surface area contributed by atoms with Crippen molar-refractivity contribution in [1.82, 2.24) is 0 Å². The molecule has 0 aliphatic heterocycles. The molecule has 0 nitrogen and oxygen atoms in total. The highest BCUT2D eigenvalue weighted by atomic mass is 14.8. The third-order valence-corrected chi connectivity index (χ3v) is 4.89. The predicted molar refractivity (Wildman–Crippen MR) is 39.5 cm³/mol. The van der Waals surface area contributed by atoms with Crippen LogP contribution in [-0.2, 0) is 0 Å². The third kappa shape index (κ3) is 0.223. The molecule has 0 radical (unpaired) electrons. The van der Waals surface area contributed by atoms with Crippen LogP contribution in [0, 0.1) is 22.7 Å². The largest absolute Gasteiger partial charge is 0.0845 e. The van der Waals surface area contributed by atoms with E-state index in [-0.39, 0.29) is 0 Å². The summed E-state index contributed by atoms with van der Waals surface area (Å²) in [7, 11) is 0. The van der Waals surface area contributed by atoms with E-state index in [1.54, 1.807) is 19.3 Å². The highest BCUT2D eigenvalue weighted by Gasteiger charge is 2.79. The number of hydrogen-bond donors (Lipinski definition) is 0. The highest BCUT2D eigenvalue weighted by Crippen LogP contribution is 2.87. The lowest BCUT2D eigenvalue weighted by Gasteiger charge is -2.39. The van der Waals surface area contributed by atoms with Crippen molar-refractivity contribution in [2.45, 2.75) is 25.7 Å². The Hall–Kier alpha value is -0.260. The van der Waals surface area contributed by atoms with Gasteiger partial charge < -0.3 is 0 Å². The maximum absolute atomic E-state index is 2.55. The Bertz CT molecular complexity index is 253. The fourth-order valence-electron chi connectivity index (χ4n) is 4.28. The van der Waals surface area contributed by atoms with Crippen molar-refractivity contribution in [3.8, 4) is 0 Å². The zero-order valence-electron chi connectivity index (χ0n) is 6.14. The first-order valence-electron chi connectivity index (χ1n) is 4.56. The summed E-state index contributed by atoms with van der Waals surface area (Å²) in [6, 6.07) is 0. The molecular formula is C10H12. The molecule has 4 atom stereocenters. The van der Waals surface area contributed by atoms with Crippen LogP contribution in [0.25, 0.3) is 0 Å². The van der Waals surface area contributed by atoms with Gasteiger partial charge in [0, 0.05) is 0 Å². The predicted octanol–water partition coefficient (Wildman–Crippen LogP) is 2.36. The average molecular weight is 132 g/mol. The van der Waals surface area contributed by atoms with Gasteiger partial charge in [-0.05, 0) is 48.3 Å². The zero-order valence-corrected chi connectivity index (χ0v) is 6.14. The van der Waals surface area contributed by atoms with Crippen LogP contribution in [0.15, 0.2) is 12.2 Å². The molecule has 0 heteroatoms. The van der Waals surface area contributed by atoms with Crippen LogP contribution in [0.1, 0.15) is 25.7 Å². The minimum Gasteiger partial charge on any atom is -0.0845 e. The van der Waals surface area contributed by atoms with Gasteiger partial charge >= 0.3 is 0 Å². The van der Waals surface area contributed by atoms with Gasteiger partial charge in [-0.15, -0.1) is 0 Å². The van der Waals surface area contributed by atoms with E-state index in [2.05, 4.69) is 12.2 Å². The Morgan fingerprint density at radius 2 is 2.40 bits per heavy atom. The number of rotatable bonds is 0. The van der Waals surface area contributed by atoms with Crippen molar-refractivity contribution < 1.29 is 0 Å². The van der Waals surface area contributed by atoms with E-state index >= 15 is 0 Å². The molecule has 0 aromatic rings. The Balaban J connectivity index is 2.01. The second-order valence-corrected chi connectivity index (χ2v) is 4.86. The molecule has 10 heavy (non-hydrogen) atoms. The van der Waals surface area contributed by atoms with Gasteiger partial charge in [0.25, 0.3) is 0 Å². The van der Waals surface area contributed by atoms with E-state index in [9.17, 15) is 0 Å². The molecule has 0 heterocycles. The van der Waals surface area contributed by atoms with Gasteiger partial charge in [0.2, 0.25) is 0 Å². The standard InChI is InChI=1S/C10H12/c1-3-9-5-7(1)8-2-4-10(8,9)6-9/h1,3,7-8H,2,4-6H2. The van der Waals surface area contributed by atoms with Crippen LogP contribution in [0.2, 0.25) is 0 Å². The maximum atomic E-state index is 2.55. The smallest absolute Gasteiger partial charge is 0.00472 e. The van der Waals surface area contributed by atoms with Crippen LogP contribution in [0.4, 0.5) is 0 Å². The van der Waals surface area contributed by atoms with Crippen LogP contribution in [0.5, 0.6) is 0 Å². The summed E-state index contributed by atoms with van der Waals surface area (Å²) in [5.41, 5.74) is 1.70. The Kier molecular flexibility index (Phi) is 0.426. The molecule has 3 saturated carbocycles. The zero-order chi connectivity index (χ0) is 6.40. The lowest BCUT2D eigenvalue weighted by atomic mass is 9.65. The van der Waals surface area contributed by atoms with E-state index < -0.39 is 0 Å². The first-order chi connectivity index (χ1) is 4.86.